The van der Waals surface area contributed by atoms with Gasteiger partial charge in [0.25, 0.3) is 0 Å². The summed E-state index contributed by atoms with van der Waals surface area (Å²) in [4.78, 5) is 0. The summed E-state index contributed by atoms with van der Waals surface area (Å²) in [6, 6.07) is 8.92. The van der Waals surface area contributed by atoms with Crippen molar-refractivity contribution in [3.63, 3.8) is 0 Å². The minimum Gasteiger partial charge on any atom is -0.380 e. The Morgan fingerprint density at radius 1 is 1.11 bits per heavy atom. The first-order chi connectivity index (χ1) is 8.85. The zero-order valence-corrected chi connectivity index (χ0v) is 11.3. The van der Waals surface area contributed by atoms with Gasteiger partial charge < -0.3 is 5.11 Å². The van der Waals surface area contributed by atoms with Gasteiger partial charge in [0.15, 0.2) is 0 Å². The molecule has 0 aliphatic carbocycles. The van der Waals surface area contributed by atoms with Crippen LogP contribution in [0.2, 0.25) is 5.02 Å². The molecule has 0 saturated carbocycles. The number of aryl methyl sites for hydroxylation is 1. The quantitative estimate of drug-likeness (QED) is 0.876. The zero-order chi connectivity index (χ0) is 14.2. The fourth-order valence-corrected chi connectivity index (χ4v) is 2.41. The van der Waals surface area contributed by atoms with E-state index in [1.165, 1.54) is 19.9 Å². The normalized spacial score (nSPS) is 14.2. The topological polar surface area (TPSA) is 20.2 Å². The van der Waals surface area contributed by atoms with Gasteiger partial charge in [-0.2, -0.15) is 0 Å². The van der Waals surface area contributed by atoms with Crippen LogP contribution in [-0.4, -0.2) is 5.11 Å². The van der Waals surface area contributed by atoms with Crippen molar-refractivity contribution in [2.24, 2.45) is 0 Å². The monoisotopic (exact) mass is 282 g/mol. The highest BCUT2D eigenvalue weighted by atomic mass is 35.5. The molecule has 1 N–H and O–H groups in total. The molecule has 0 heterocycles. The third-order valence-corrected chi connectivity index (χ3v) is 3.50. The van der Waals surface area contributed by atoms with Gasteiger partial charge in [0, 0.05) is 10.6 Å². The maximum atomic E-state index is 14.1. The van der Waals surface area contributed by atoms with Crippen LogP contribution in [0.5, 0.6) is 0 Å². The predicted molar refractivity (Wildman–Crippen MR) is 71.2 cm³/mol. The third-order valence-electron chi connectivity index (χ3n) is 3.17. The average molecular weight is 283 g/mol. The Balaban J connectivity index is 2.70. The summed E-state index contributed by atoms with van der Waals surface area (Å²) in [5.41, 5.74) is -1.69. The Morgan fingerprint density at radius 3 is 2.37 bits per heavy atom. The molecule has 0 amide bonds. The maximum Gasteiger partial charge on any atom is 0.135 e. The molecule has 0 fully saturated rings. The summed E-state index contributed by atoms with van der Waals surface area (Å²) >= 11 is 6.00. The van der Waals surface area contributed by atoms with Gasteiger partial charge in [-0.05, 0) is 31.5 Å². The van der Waals surface area contributed by atoms with Gasteiger partial charge in [0.05, 0.1) is 5.56 Å². The number of benzene rings is 2. The lowest BCUT2D eigenvalue weighted by molar-refractivity contribution is 0.0933. The molecule has 0 spiro atoms. The Hall–Kier alpha value is -1.45. The van der Waals surface area contributed by atoms with Crippen LogP contribution in [-0.2, 0) is 5.60 Å². The lowest BCUT2D eigenvalue weighted by Gasteiger charge is -2.27. The van der Waals surface area contributed by atoms with Crippen LogP contribution in [0.25, 0.3) is 0 Å². The summed E-state index contributed by atoms with van der Waals surface area (Å²) in [5, 5.41) is 10.8. The number of hydrogen-bond donors (Lipinski definition) is 1. The van der Waals surface area contributed by atoms with Crippen LogP contribution in [0.3, 0.4) is 0 Å². The van der Waals surface area contributed by atoms with Gasteiger partial charge >= 0.3 is 0 Å². The molecule has 1 atom stereocenters. The molecule has 0 saturated heterocycles. The van der Waals surface area contributed by atoms with E-state index in [1.54, 1.807) is 24.3 Å². The Morgan fingerprint density at radius 2 is 1.74 bits per heavy atom. The van der Waals surface area contributed by atoms with Crippen molar-refractivity contribution in [3.8, 4) is 0 Å². The first kappa shape index (κ1) is 14.0. The van der Waals surface area contributed by atoms with Gasteiger partial charge in [-0.25, -0.2) is 8.78 Å². The summed E-state index contributed by atoms with van der Waals surface area (Å²) in [6.45, 7) is 2.84. The van der Waals surface area contributed by atoms with Crippen LogP contribution in [0.1, 0.15) is 23.6 Å². The van der Waals surface area contributed by atoms with Crippen molar-refractivity contribution in [3.05, 3.63) is 69.7 Å². The third kappa shape index (κ3) is 2.36. The molecular formula is C15H13ClF2O. The number of aliphatic hydroxyl groups is 1. The van der Waals surface area contributed by atoms with Crippen LogP contribution in [0.4, 0.5) is 8.78 Å². The van der Waals surface area contributed by atoms with Gasteiger partial charge in [0.2, 0.25) is 0 Å². The Bertz CT molecular complexity index is 624. The van der Waals surface area contributed by atoms with Crippen molar-refractivity contribution < 1.29 is 13.9 Å². The highest BCUT2D eigenvalue weighted by molar-refractivity contribution is 6.31. The van der Waals surface area contributed by atoms with E-state index in [1.807, 2.05) is 0 Å². The number of rotatable bonds is 2. The molecule has 19 heavy (non-hydrogen) atoms. The largest absolute Gasteiger partial charge is 0.380 e. The lowest BCUT2D eigenvalue weighted by atomic mass is 9.86. The second-order valence-electron chi connectivity index (χ2n) is 4.61. The Kier molecular flexibility index (Phi) is 3.61. The molecule has 0 aliphatic rings. The van der Waals surface area contributed by atoms with Crippen LogP contribution in [0.15, 0.2) is 36.4 Å². The number of hydrogen-bond acceptors (Lipinski definition) is 1. The highest BCUT2D eigenvalue weighted by Crippen LogP contribution is 2.37. The second kappa shape index (κ2) is 4.91. The average Bonchev–Trinajstić information content (AvgIpc) is 2.34. The van der Waals surface area contributed by atoms with Crippen LogP contribution in [0, 0.1) is 18.6 Å². The van der Waals surface area contributed by atoms with Crippen molar-refractivity contribution in [1.82, 2.24) is 0 Å². The van der Waals surface area contributed by atoms with Gasteiger partial charge in [-0.1, -0.05) is 35.9 Å². The van der Waals surface area contributed by atoms with E-state index >= 15 is 0 Å². The van der Waals surface area contributed by atoms with E-state index in [0.717, 1.165) is 6.07 Å². The van der Waals surface area contributed by atoms with E-state index in [9.17, 15) is 13.9 Å². The van der Waals surface area contributed by atoms with Crippen molar-refractivity contribution >= 4 is 11.6 Å². The van der Waals surface area contributed by atoms with Gasteiger partial charge in [-0.15, -0.1) is 0 Å². The molecule has 0 aromatic heterocycles. The van der Waals surface area contributed by atoms with Crippen LogP contribution < -0.4 is 0 Å². The first-order valence-electron chi connectivity index (χ1n) is 5.78. The molecule has 4 heteroatoms. The zero-order valence-electron chi connectivity index (χ0n) is 10.5. The van der Waals surface area contributed by atoms with Crippen molar-refractivity contribution in [2.75, 3.05) is 0 Å². The van der Waals surface area contributed by atoms with Crippen molar-refractivity contribution in [1.29, 1.82) is 0 Å². The minimum atomic E-state index is -1.83. The van der Waals surface area contributed by atoms with Gasteiger partial charge in [0.1, 0.15) is 17.2 Å². The predicted octanol–water partition coefficient (Wildman–Crippen LogP) is 4.18. The van der Waals surface area contributed by atoms with E-state index in [4.69, 9.17) is 11.6 Å². The molecule has 2 aromatic rings. The van der Waals surface area contributed by atoms with E-state index in [0.29, 0.717) is 0 Å². The van der Waals surface area contributed by atoms with Crippen LogP contribution >= 0.6 is 11.6 Å². The number of halogens is 3. The molecule has 100 valence electrons. The fraction of sp³-hybridized carbons (Fsp3) is 0.200. The van der Waals surface area contributed by atoms with Gasteiger partial charge in [-0.3, -0.25) is 0 Å². The summed E-state index contributed by atoms with van der Waals surface area (Å²) in [6.07, 6.45) is 0. The minimum absolute atomic E-state index is 0.257. The SMILES string of the molecule is Cc1ccc(F)c(C(C)(O)c2ccccc2Cl)c1F. The molecule has 0 radical (unpaired) electrons. The van der Waals surface area contributed by atoms with Crippen molar-refractivity contribution in [2.45, 2.75) is 19.4 Å². The molecule has 0 bridgehead atoms. The molecule has 1 unspecified atom stereocenters. The second-order valence-corrected chi connectivity index (χ2v) is 5.01. The smallest absolute Gasteiger partial charge is 0.135 e. The lowest BCUT2D eigenvalue weighted by Crippen LogP contribution is -2.26. The summed E-state index contributed by atoms with van der Waals surface area (Å²) < 4.78 is 28.0. The molecule has 2 rings (SSSR count). The van der Waals surface area contributed by atoms with E-state index in [2.05, 4.69) is 0 Å². The molecule has 0 aliphatic heterocycles. The van der Waals surface area contributed by atoms with E-state index < -0.39 is 17.2 Å². The maximum absolute atomic E-state index is 14.1. The fourth-order valence-electron chi connectivity index (χ4n) is 2.09. The first-order valence-corrected chi connectivity index (χ1v) is 6.16. The molecule has 1 nitrogen and oxygen atoms in total. The standard InChI is InChI=1S/C15H13ClF2O/c1-9-7-8-12(17)13(14(9)18)15(2,19)10-5-3-4-6-11(10)16/h3-8,19H,1-2H3. The molecule has 2 aromatic carbocycles. The highest BCUT2D eigenvalue weighted by Gasteiger charge is 2.34. The summed E-state index contributed by atoms with van der Waals surface area (Å²) in [7, 11) is 0. The van der Waals surface area contributed by atoms with E-state index in [-0.39, 0.29) is 21.7 Å². The Labute approximate surface area is 115 Å². The summed E-state index contributed by atoms with van der Waals surface area (Å²) in [5.74, 6) is -1.56. The molecular weight excluding hydrogens is 270 g/mol.